The number of thiophene rings is 1. The number of carbonyl (C=O) groups is 2. The molecule has 1 heterocycles. The van der Waals surface area contributed by atoms with Crippen molar-refractivity contribution in [2.24, 2.45) is 5.73 Å². The second-order valence-electron chi connectivity index (χ2n) is 3.39. The van der Waals surface area contributed by atoms with Crippen LogP contribution in [0.3, 0.4) is 0 Å². The molecule has 0 saturated heterocycles. The fourth-order valence-electron chi connectivity index (χ4n) is 1.41. The van der Waals surface area contributed by atoms with Crippen LogP contribution in [0.15, 0.2) is 24.3 Å². The van der Waals surface area contributed by atoms with Crippen LogP contribution in [0.1, 0.15) is 9.67 Å². The number of rotatable bonds is 3. The second kappa shape index (κ2) is 4.73. The number of nitrogens with two attached hydrogens (primary N) is 1. The quantitative estimate of drug-likeness (QED) is 0.890. The topological polar surface area (TPSA) is 72.2 Å². The molecule has 0 unspecified atom stereocenters. The van der Waals surface area contributed by atoms with Gasteiger partial charge >= 0.3 is 0 Å². The molecule has 6 heteroatoms. The van der Waals surface area contributed by atoms with Gasteiger partial charge in [0.05, 0.1) is 11.6 Å². The minimum atomic E-state index is -0.587. The van der Waals surface area contributed by atoms with Crippen molar-refractivity contribution in [1.29, 1.82) is 0 Å². The molecule has 4 nitrogen and oxygen atoms in total. The van der Waals surface area contributed by atoms with Gasteiger partial charge in [0.1, 0.15) is 4.88 Å². The van der Waals surface area contributed by atoms with Crippen molar-refractivity contribution >= 4 is 44.8 Å². The number of hydrogen-bond donors (Lipinski definition) is 2. The molecule has 3 N–H and O–H groups in total. The highest BCUT2D eigenvalue weighted by atomic mass is 35.5. The van der Waals surface area contributed by atoms with E-state index in [1.807, 2.05) is 24.3 Å². The van der Waals surface area contributed by atoms with Gasteiger partial charge in [-0.1, -0.05) is 29.8 Å². The number of halogens is 1. The van der Waals surface area contributed by atoms with Gasteiger partial charge in [0, 0.05) is 10.1 Å². The summed E-state index contributed by atoms with van der Waals surface area (Å²) in [5.74, 6) is -0.967. The normalized spacial score (nSPS) is 10.4. The van der Waals surface area contributed by atoms with E-state index in [9.17, 15) is 9.59 Å². The molecule has 2 amide bonds. The zero-order valence-corrected chi connectivity index (χ0v) is 10.3. The molecular formula is C11H9ClN2O2S. The van der Waals surface area contributed by atoms with Gasteiger partial charge in [0.2, 0.25) is 5.91 Å². The van der Waals surface area contributed by atoms with Crippen molar-refractivity contribution in [3.05, 3.63) is 34.2 Å². The van der Waals surface area contributed by atoms with E-state index in [0.29, 0.717) is 9.90 Å². The summed E-state index contributed by atoms with van der Waals surface area (Å²) < 4.78 is 0.932. The highest BCUT2D eigenvalue weighted by molar-refractivity contribution is 7.21. The summed E-state index contributed by atoms with van der Waals surface area (Å²) in [5, 5.41) is 3.66. The van der Waals surface area contributed by atoms with Gasteiger partial charge in [0.15, 0.2) is 0 Å². The lowest BCUT2D eigenvalue weighted by Gasteiger charge is -1.99. The van der Waals surface area contributed by atoms with Gasteiger partial charge in [-0.3, -0.25) is 9.59 Å². The van der Waals surface area contributed by atoms with Crippen LogP contribution in [-0.2, 0) is 4.79 Å². The number of nitrogens with one attached hydrogen (secondary N) is 1. The van der Waals surface area contributed by atoms with Crippen LogP contribution in [0, 0.1) is 0 Å². The number of hydrogen-bond acceptors (Lipinski definition) is 3. The van der Waals surface area contributed by atoms with E-state index < -0.39 is 5.91 Å². The Balaban J connectivity index is 2.32. The Morgan fingerprint density at radius 1 is 1.35 bits per heavy atom. The van der Waals surface area contributed by atoms with Crippen LogP contribution in [0.2, 0.25) is 5.02 Å². The molecule has 0 aliphatic carbocycles. The summed E-state index contributed by atoms with van der Waals surface area (Å²) in [4.78, 5) is 22.7. The first-order valence-corrected chi connectivity index (χ1v) is 6.02. The second-order valence-corrected chi connectivity index (χ2v) is 4.82. The fraction of sp³-hybridized carbons (Fsp3) is 0.0909. The summed E-state index contributed by atoms with van der Waals surface area (Å²) in [7, 11) is 0. The van der Waals surface area contributed by atoms with Gasteiger partial charge in [-0.05, 0) is 6.07 Å². The summed E-state index contributed by atoms with van der Waals surface area (Å²) in [6.07, 6.45) is 0. The molecule has 0 saturated carbocycles. The molecule has 0 bridgehead atoms. The van der Waals surface area contributed by atoms with E-state index in [0.717, 1.165) is 10.1 Å². The Hall–Kier alpha value is -1.59. The number of carbonyl (C=O) groups excluding carboxylic acids is 2. The van der Waals surface area contributed by atoms with Crippen molar-refractivity contribution < 1.29 is 9.59 Å². The van der Waals surface area contributed by atoms with Crippen LogP contribution in [-0.4, -0.2) is 18.4 Å². The minimum Gasteiger partial charge on any atom is -0.368 e. The van der Waals surface area contributed by atoms with Gasteiger partial charge in [-0.2, -0.15) is 0 Å². The smallest absolute Gasteiger partial charge is 0.263 e. The predicted octanol–water partition coefficient (Wildman–Crippen LogP) is 1.77. The molecule has 1 aromatic carbocycles. The first kappa shape index (κ1) is 11.9. The van der Waals surface area contributed by atoms with Crippen molar-refractivity contribution in [3.63, 3.8) is 0 Å². The largest absolute Gasteiger partial charge is 0.368 e. The summed E-state index contributed by atoms with van der Waals surface area (Å²) in [6.45, 7) is -0.191. The average molecular weight is 269 g/mol. The van der Waals surface area contributed by atoms with Crippen LogP contribution in [0.5, 0.6) is 0 Å². The standard InChI is InChI=1S/C11H9ClN2O2S/c12-9-6-3-1-2-4-7(6)17-10(9)11(16)14-5-8(13)15/h1-4H,5H2,(H2,13,15)(H,14,16). The van der Waals surface area contributed by atoms with Gasteiger partial charge in [-0.25, -0.2) is 0 Å². The third-order valence-corrected chi connectivity index (χ3v) is 3.84. The highest BCUT2D eigenvalue weighted by Crippen LogP contribution is 2.34. The van der Waals surface area contributed by atoms with Crippen molar-refractivity contribution in [2.75, 3.05) is 6.54 Å². The van der Waals surface area contributed by atoms with Crippen LogP contribution >= 0.6 is 22.9 Å². The fourth-order valence-corrected chi connectivity index (χ4v) is 2.84. The molecule has 0 atom stereocenters. The van der Waals surface area contributed by atoms with Crippen LogP contribution in [0.25, 0.3) is 10.1 Å². The molecule has 2 aromatic rings. The Labute approximate surface area is 106 Å². The van der Waals surface area contributed by atoms with Crippen LogP contribution in [0.4, 0.5) is 0 Å². The maximum Gasteiger partial charge on any atom is 0.263 e. The maximum absolute atomic E-state index is 11.7. The molecule has 88 valence electrons. The average Bonchev–Trinajstić information content (AvgIpc) is 2.64. The lowest BCUT2D eigenvalue weighted by Crippen LogP contribution is -2.32. The third kappa shape index (κ3) is 2.40. The number of fused-ring (bicyclic) bond motifs is 1. The molecule has 1 aromatic heterocycles. The molecule has 0 spiro atoms. The summed E-state index contributed by atoms with van der Waals surface area (Å²) in [6, 6.07) is 7.46. The van der Waals surface area contributed by atoms with Gasteiger partial charge < -0.3 is 11.1 Å². The lowest BCUT2D eigenvalue weighted by molar-refractivity contribution is -0.117. The molecule has 0 aliphatic rings. The Bertz CT molecular complexity index is 594. The SMILES string of the molecule is NC(=O)CNC(=O)c1sc2ccccc2c1Cl. The van der Waals surface area contributed by atoms with E-state index in [1.54, 1.807) is 0 Å². The molecule has 0 fully saturated rings. The number of benzene rings is 1. The van der Waals surface area contributed by atoms with Crippen molar-refractivity contribution in [3.8, 4) is 0 Å². The van der Waals surface area contributed by atoms with Crippen LogP contribution < -0.4 is 11.1 Å². The molecule has 17 heavy (non-hydrogen) atoms. The molecule has 0 aliphatic heterocycles. The summed E-state index contributed by atoms with van der Waals surface area (Å²) >= 11 is 7.39. The molecular weight excluding hydrogens is 260 g/mol. The van der Waals surface area contributed by atoms with E-state index in [1.165, 1.54) is 11.3 Å². The number of primary amides is 1. The predicted molar refractivity (Wildman–Crippen MR) is 68.4 cm³/mol. The molecule has 2 rings (SSSR count). The third-order valence-electron chi connectivity index (χ3n) is 2.16. The van der Waals surface area contributed by atoms with Gasteiger partial charge in [0.25, 0.3) is 5.91 Å². The zero-order chi connectivity index (χ0) is 12.4. The Morgan fingerprint density at radius 2 is 2.06 bits per heavy atom. The van der Waals surface area contributed by atoms with E-state index >= 15 is 0 Å². The summed E-state index contributed by atoms with van der Waals surface area (Å²) in [5.41, 5.74) is 4.95. The van der Waals surface area contributed by atoms with E-state index in [4.69, 9.17) is 17.3 Å². The first-order valence-electron chi connectivity index (χ1n) is 4.83. The highest BCUT2D eigenvalue weighted by Gasteiger charge is 2.16. The van der Waals surface area contributed by atoms with E-state index in [-0.39, 0.29) is 12.5 Å². The zero-order valence-electron chi connectivity index (χ0n) is 8.70. The van der Waals surface area contributed by atoms with E-state index in [2.05, 4.69) is 5.32 Å². The number of amides is 2. The maximum atomic E-state index is 11.7. The Kier molecular flexibility index (Phi) is 3.31. The van der Waals surface area contributed by atoms with Crippen molar-refractivity contribution in [2.45, 2.75) is 0 Å². The molecule has 0 radical (unpaired) electrons. The minimum absolute atomic E-state index is 0.191. The first-order chi connectivity index (χ1) is 8.09. The van der Waals surface area contributed by atoms with Gasteiger partial charge in [-0.15, -0.1) is 11.3 Å². The monoisotopic (exact) mass is 268 g/mol. The lowest BCUT2D eigenvalue weighted by atomic mass is 10.2. The van der Waals surface area contributed by atoms with Crippen molar-refractivity contribution in [1.82, 2.24) is 5.32 Å². The Morgan fingerprint density at radius 3 is 2.71 bits per heavy atom.